The van der Waals surface area contributed by atoms with Crippen molar-refractivity contribution in [2.24, 2.45) is 0 Å². The van der Waals surface area contributed by atoms with Crippen molar-refractivity contribution in [2.75, 3.05) is 16.0 Å². The van der Waals surface area contributed by atoms with Gasteiger partial charge in [-0.1, -0.05) is 48.0 Å². The molecule has 2 aromatic heterocycles. The second kappa shape index (κ2) is 9.85. The number of carboxylic acid groups (broad SMARTS) is 1. The van der Waals surface area contributed by atoms with E-state index in [9.17, 15) is 14.7 Å². The molecule has 0 bridgehead atoms. The predicted octanol–water partition coefficient (Wildman–Crippen LogP) is 6.44. The normalized spacial score (nSPS) is 10.7. The fourth-order valence-corrected chi connectivity index (χ4v) is 4.80. The van der Waals surface area contributed by atoms with Crippen molar-refractivity contribution in [3.63, 3.8) is 0 Å². The summed E-state index contributed by atoms with van der Waals surface area (Å²) in [6.45, 7) is 1.98. The highest BCUT2D eigenvalue weighted by atomic mass is 32.1. The van der Waals surface area contributed by atoms with Gasteiger partial charge in [-0.3, -0.25) is 4.79 Å². The number of carbonyl (C=O) groups excluding carboxylic acids is 1. The smallest absolute Gasteiger partial charge is 0.337 e. The number of nitrogens with one attached hydrogen (secondary N) is 3. The minimum Gasteiger partial charge on any atom is -0.478 e. The molecule has 8 nitrogen and oxygen atoms in total. The molecule has 0 fully saturated rings. The first-order valence-corrected chi connectivity index (χ1v) is 11.9. The van der Waals surface area contributed by atoms with Crippen molar-refractivity contribution >= 4 is 61.3 Å². The topological polar surface area (TPSA) is 116 Å². The highest BCUT2D eigenvalue weighted by Gasteiger charge is 2.24. The lowest BCUT2D eigenvalue weighted by molar-refractivity contribution is 0.0697. The van der Waals surface area contributed by atoms with Crippen LogP contribution in [-0.4, -0.2) is 27.0 Å². The number of para-hydroxylation sites is 2. The zero-order valence-electron chi connectivity index (χ0n) is 19.1. The van der Waals surface area contributed by atoms with Crippen molar-refractivity contribution in [2.45, 2.75) is 6.92 Å². The van der Waals surface area contributed by atoms with Crippen molar-refractivity contribution in [3.05, 3.63) is 102 Å². The number of amides is 1. The maximum absolute atomic E-state index is 13.5. The molecular formula is C27H21N5O3S. The van der Waals surface area contributed by atoms with Gasteiger partial charge in [-0.2, -0.15) is 0 Å². The van der Waals surface area contributed by atoms with Gasteiger partial charge in [-0.05, 0) is 43.3 Å². The molecule has 0 aliphatic carbocycles. The van der Waals surface area contributed by atoms with E-state index >= 15 is 0 Å². The first-order chi connectivity index (χ1) is 17.5. The predicted molar refractivity (Wildman–Crippen MR) is 143 cm³/mol. The van der Waals surface area contributed by atoms with Gasteiger partial charge in [0.15, 0.2) is 5.82 Å². The summed E-state index contributed by atoms with van der Waals surface area (Å²) >= 11 is 1.31. The zero-order valence-corrected chi connectivity index (χ0v) is 20.0. The van der Waals surface area contributed by atoms with Crippen LogP contribution in [0, 0.1) is 6.92 Å². The molecule has 1 amide bonds. The number of hydrogen-bond donors (Lipinski definition) is 4. The molecule has 4 N–H and O–H groups in total. The average molecular weight is 496 g/mol. The summed E-state index contributed by atoms with van der Waals surface area (Å²) in [6.07, 6.45) is 1.36. The van der Waals surface area contributed by atoms with Crippen LogP contribution in [0.5, 0.6) is 0 Å². The number of aryl methyl sites for hydroxylation is 1. The summed E-state index contributed by atoms with van der Waals surface area (Å²) in [7, 11) is 0. The van der Waals surface area contributed by atoms with Crippen LogP contribution in [0.4, 0.5) is 27.9 Å². The first kappa shape index (κ1) is 23.0. The fourth-order valence-electron chi connectivity index (χ4n) is 3.69. The monoisotopic (exact) mass is 495 g/mol. The molecule has 178 valence electrons. The van der Waals surface area contributed by atoms with Crippen LogP contribution >= 0.6 is 11.3 Å². The minimum atomic E-state index is -1.06. The minimum absolute atomic E-state index is 0.112. The molecule has 0 spiro atoms. The van der Waals surface area contributed by atoms with Crippen LogP contribution in [0.25, 0.3) is 10.2 Å². The standard InChI is InChI=1S/C27H21N5O3S/c1-16-11-13-18(14-12-16)30-25(33)21-22-23(36-26(21)31-17-7-3-2-4-8-17)24(29-15-28-22)32-20-10-6-5-9-19(20)27(34)35/h2-15,31H,1H3,(H,30,33)(H,34,35)(H,28,29,32). The van der Waals surface area contributed by atoms with Gasteiger partial charge in [0.1, 0.15) is 22.4 Å². The maximum Gasteiger partial charge on any atom is 0.337 e. The quantitative estimate of drug-likeness (QED) is 0.205. The highest BCUT2D eigenvalue weighted by molar-refractivity contribution is 7.24. The van der Waals surface area contributed by atoms with Crippen LogP contribution in [0.1, 0.15) is 26.3 Å². The molecule has 36 heavy (non-hydrogen) atoms. The Morgan fingerprint density at radius 1 is 0.833 bits per heavy atom. The lowest BCUT2D eigenvalue weighted by Crippen LogP contribution is -2.13. The van der Waals surface area contributed by atoms with Crippen LogP contribution in [0.2, 0.25) is 0 Å². The molecule has 0 radical (unpaired) electrons. The number of aromatic carboxylic acids is 1. The molecule has 5 aromatic rings. The Balaban J connectivity index is 1.60. The van der Waals surface area contributed by atoms with Crippen molar-refractivity contribution in [1.29, 1.82) is 0 Å². The molecule has 0 saturated heterocycles. The number of thiophene rings is 1. The van der Waals surface area contributed by atoms with E-state index in [0.29, 0.717) is 38.0 Å². The number of carboxylic acids is 1. The van der Waals surface area contributed by atoms with Gasteiger partial charge < -0.3 is 21.1 Å². The highest BCUT2D eigenvalue weighted by Crippen LogP contribution is 2.40. The SMILES string of the molecule is Cc1ccc(NC(=O)c2c(Nc3ccccc3)sc3c(Nc4ccccc4C(=O)O)ncnc23)cc1. The van der Waals surface area contributed by atoms with Crippen LogP contribution < -0.4 is 16.0 Å². The van der Waals surface area contributed by atoms with Crippen LogP contribution in [-0.2, 0) is 0 Å². The van der Waals surface area contributed by atoms with E-state index < -0.39 is 5.97 Å². The van der Waals surface area contributed by atoms with E-state index in [0.717, 1.165) is 11.3 Å². The summed E-state index contributed by atoms with van der Waals surface area (Å²) in [5.74, 6) is -0.970. The summed E-state index contributed by atoms with van der Waals surface area (Å²) < 4.78 is 0.616. The molecule has 0 unspecified atom stereocenters. The molecule has 2 heterocycles. The zero-order chi connectivity index (χ0) is 25.1. The largest absolute Gasteiger partial charge is 0.478 e. The Morgan fingerprint density at radius 2 is 1.56 bits per heavy atom. The summed E-state index contributed by atoms with van der Waals surface area (Å²) in [5, 5.41) is 19.6. The summed E-state index contributed by atoms with van der Waals surface area (Å²) in [5.41, 5.74) is 3.89. The second-order valence-corrected chi connectivity index (χ2v) is 9.01. The number of rotatable bonds is 7. The van der Waals surface area contributed by atoms with E-state index in [-0.39, 0.29) is 11.5 Å². The number of carbonyl (C=O) groups is 2. The van der Waals surface area contributed by atoms with E-state index in [2.05, 4.69) is 25.9 Å². The van der Waals surface area contributed by atoms with Gasteiger partial charge in [0.05, 0.1) is 16.0 Å². The molecule has 0 aliphatic heterocycles. The maximum atomic E-state index is 13.5. The van der Waals surface area contributed by atoms with Gasteiger partial charge >= 0.3 is 5.97 Å². The number of nitrogens with zero attached hydrogens (tertiary/aromatic N) is 2. The Morgan fingerprint density at radius 3 is 2.31 bits per heavy atom. The number of fused-ring (bicyclic) bond motifs is 1. The third kappa shape index (κ3) is 4.73. The van der Waals surface area contributed by atoms with Gasteiger partial charge in [-0.15, -0.1) is 11.3 Å². The lowest BCUT2D eigenvalue weighted by Gasteiger charge is -2.09. The number of benzene rings is 3. The number of anilines is 5. The Kier molecular flexibility index (Phi) is 6.29. The van der Waals surface area contributed by atoms with Crippen molar-refractivity contribution < 1.29 is 14.7 Å². The summed E-state index contributed by atoms with van der Waals surface area (Å²) in [4.78, 5) is 34.0. The van der Waals surface area contributed by atoms with Crippen LogP contribution in [0.3, 0.4) is 0 Å². The average Bonchev–Trinajstić information content (AvgIpc) is 3.25. The number of hydrogen-bond acceptors (Lipinski definition) is 7. The van der Waals surface area contributed by atoms with Gasteiger partial charge in [0, 0.05) is 11.4 Å². The van der Waals surface area contributed by atoms with E-state index in [1.807, 2.05) is 61.5 Å². The second-order valence-electron chi connectivity index (χ2n) is 7.99. The Hall–Kier alpha value is -4.76. The van der Waals surface area contributed by atoms with Gasteiger partial charge in [0.2, 0.25) is 0 Å². The molecule has 0 saturated carbocycles. The molecule has 9 heteroatoms. The van der Waals surface area contributed by atoms with Gasteiger partial charge in [0.25, 0.3) is 5.91 Å². The van der Waals surface area contributed by atoms with Crippen molar-refractivity contribution in [3.8, 4) is 0 Å². The molecule has 0 aliphatic rings. The van der Waals surface area contributed by atoms with E-state index in [1.54, 1.807) is 18.2 Å². The molecule has 0 atom stereocenters. The lowest BCUT2D eigenvalue weighted by atomic mass is 10.1. The third-order valence-corrected chi connectivity index (χ3v) is 6.55. The number of aromatic nitrogens is 2. The van der Waals surface area contributed by atoms with Crippen molar-refractivity contribution in [1.82, 2.24) is 9.97 Å². The van der Waals surface area contributed by atoms with Crippen LogP contribution in [0.15, 0.2) is 85.2 Å². The van der Waals surface area contributed by atoms with Gasteiger partial charge in [-0.25, -0.2) is 14.8 Å². The molecule has 5 rings (SSSR count). The molecular weight excluding hydrogens is 474 g/mol. The first-order valence-electron chi connectivity index (χ1n) is 11.1. The third-order valence-electron chi connectivity index (χ3n) is 5.45. The molecule has 3 aromatic carbocycles. The Labute approximate surface area is 210 Å². The fraction of sp³-hybridized carbons (Fsp3) is 0.0370. The van der Waals surface area contributed by atoms with E-state index in [4.69, 9.17) is 0 Å². The Bertz CT molecular complexity index is 1570. The summed E-state index contributed by atoms with van der Waals surface area (Å²) in [6, 6.07) is 23.6. The van der Waals surface area contributed by atoms with E-state index in [1.165, 1.54) is 23.7 Å².